The van der Waals surface area contributed by atoms with Crippen molar-refractivity contribution in [2.75, 3.05) is 19.6 Å². The Kier molecular flexibility index (Phi) is 6.64. The SMILES string of the molecule is CCNCC(C)C(=O)NCC(O)C(=O)O. The molecule has 0 aromatic rings. The molecule has 0 aromatic carbocycles. The highest BCUT2D eigenvalue weighted by Crippen LogP contribution is 1.92. The number of nitrogens with one attached hydrogen (secondary N) is 2. The third-order valence-corrected chi connectivity index (χ3v) is 1.90. The quantitative estimate of drug-likeness (QED) is 0.430. The third kappa shape index (κ3) is 6.03. The molecule has 1 amide bonds. The monoisotopic (exact) mass is 218 g/mol. The maximum atomic E-state index is 11.3. The van der Waals surface area contributed by atoms with Crippen LogP contribution in [-0.4, -0.2) is 47.8 Å². The van der Waals surface area contributed by atoms with Gasteiger partial charge in [-0.2, -0.15) is 0 Å². The molecule has 0 aliphatic heterocycles. The van der Waals surface area contributed by atoms with Crippen LogP contribution in [0, 0.1) is 5.92 Å². The summed E-state index contributed by atoms with van der Waals surface area (Å²) >= 11 is 0. The van der Waals surface area contributed by atoms with E-state index >= 15 is 0 Å². The lowest BCUT2D eigenvalue weighted by Gasteiger charge is -2.13. The molecule has 6 nitrogen and oxygen atoms in total. The first-order valence-electron chi connectivity index (χ1n) is 4.88. The summed E-state index contributed by atoms with van der Waals surface area (Å²) in [5, 5.41) is 22.6. The van der Waals surface area contributed by atoms with Crippen molar-refractivity contribution >= 4 is 11.9 Å². The van der Waals surface area contributed by atoms with Crippen molar-refractivity contribution in [2.45, 2.75) is 20.0 Å². The number of hydrogen-bond donors (Lipinski definition) is 4. The van der Waals surface area contributed by atoms with Gasteiger partial charge in [0.05, 0.1) is 6.54 Å². The standard InChI is InChI=1S/C9H18N2O4/c1-3-10-4-6(2)8(13)11-5-7(12)9(14)15/h6-7,10,12H,3-5H2,1-2H3,(H,11,13)(H,14,15). The van der Waals surface area contributed by atoms with Crippen LogP contribution in [0.2, 0.25) is 0 Å². The van der Waals surface area contributed by atoms with Gasteiger partial charge in [-0.3, -0.25) is 4.79 Å². The summed E-state index contributed by atoms with van der Waals surface area (Å²) in [6.07, 6.45) is -1.54. The van der Waals surface area contributed by atoms with Crippen molar-refractivity contribution in [3.05, 3.63) is 0 Å². The maximum absolute atomic E-state index is 11.3. The Balaban J connectivity index is 3.77. The minimum Gasteiger partial charge on any atom is -0.479 e. The van der Waals surface area contributed by atoms with Gasteiger partial charge in [-0.1, -0.05) is 13.8 Å². The van der Waals surface area contributed by atoms with Crippen LogP contribution in [0.15, 0.2) is 0 Å². The van der Waals surface area contributed by atoms with Gasteiger partial charge in [0.1, 0.15) is 0 Å². The van der Waals surface area contributed by atoms with Crippen LogP contribution in [0.25, 0.3) is 0 Å². The summed E-state index contributed by atoms with van der Waals surface area (Å²) in [5.74, 6) is -1.85. The van der Waals surface area contributed by atoms with Crippen molar-refractivity contribution in [1.29, 1.82) is 0 Å². The highest BCUT2D eigenvalue weighted by molar-refractivity contribution is 5.79. The van der Waals surface area contributed by atoms with Crippen LogP contribution in [0.1, 0.15) is 13.8 Å². The summed E-state index contributed by atoms with van der Waals surface area (Å²) in [4.78, 5) is 21.6. The van der Waals surface area contributed by atoms with E-state index in [4.69, 9.17) is 10.2 Å². The normalized spacial score (nSPS) is 14.3. The molecule has 0 aliphatic carbocycles. The molecular weight excluding hydrogens is 200 g/mol. The molecular formula is C9H18N2O4. The predicted molar refractivity (Wildman–Crippen MR) is 54.4 cm³/mol. The molecule has 15 heavy (non-hydrogen) atoms. The lowest BCUT2D eigenvalue weighted by atomic mass is 10.1. The Morgan fingerprint density at radius 3 is 2.40 bits per heavy atom. The Labute approximate surface area is 88.7 Å². The summed E-state index contributed by atoms with van der Waals surface area (Å²) < 4.78 is 0. The molecule has 0 aromatic heterocycles. The molecule has 4 N–H and O–H groups in total. The van der Waals surface area contributed by atoms with E-state index in [1.165, 1.54) is 0 Å². The summed E-state index contributed by atoms with van der Waals surface area (Å²) in [6, 6.07) is 0. The highest BCUT2D eigenvalue weighted by atomic mass is 16.4. The number of carbonyl (C=O) groups excluding carboxylic acids is 1. The molecule has 2 unspecified atom stereocenters. The van der Waals surface area contributed by atoms with Gasteiger partial charge in [-0.05, 0) is 6.54 Å². The fourth-order valence-electron chi connectivity index (χ4n) is 0.912. The van der Waals surface area contributed by atoms with Crippen LogP contribution in [-0.2, 0) is 9.59 Å². The number of aliphatic hydroxyl groups is 1. The molecule has 0 saturated carbocycles. The van der Waals surface area contributed by atoms with Gasteiger partial charge in [-0.15, -0.1) is 0 Å². The van der Waals surface area contributed by atoms with E-state index < -0.39 is 12.1 Å². The topological polar surface area (TPSA) is 98.7 Å². The molecule has 0 bridgehead atoms. The summed E-state index contributed by atoms with van der Waals surface area (Å²) in [7, 11) is 0. The molecule has 0 spiro atoms. The number of rotatable bonds is 7. The number of carbonyl (C=O) groups is 2. The highest BCUT2D eigenvalue weighted by Gasteiger charge is 2.17. The number of carboxylic acid groups (broad SMARTS) is 1. The second-order valence-corrected chi connectivity index (χ2v) is 3.31. The fourth-order valence-corrected chi connectivity index (χ4v) is 0.912. The first kappa shape index (κ1) is 13.9. The van der Waals surface area contributed by atoms with Gasteiger partial charge in [0, 0.05) is 12.5 Å². The zero-order valence-electron chi connectivity index (χ0n) is 8.99. The van der Waals surface area contributed by atoms with E-state index in [9.17, 15) is 9.59 Å². The zero-order chi connectivity index (χ0) is 11.8. The van der Waals surface area contributed by atoms with E-state index in [0.29, 0.717) is 6.54 Å². The van der Waals surface area contributed by atoms with Gasteiger partial charge in [-0.25, -0.2) is 4.79 Å². The van der Waals surface area contributed by atoms with Crippen molar-refractivity contribution in [3.63, 3.8) is 0 Å². The van der Waals surface area contributed by atoms with Crippen LogP contribution < -0.4 is 10.6 Å². The van der Waals surface area contributed by atoms with E-state index in [1.807, 2.05) is 6.92 Å². The average Bonchev–Trinajstić information content (AvgIpc) is 2.21. The van der Waals surface area contributed by atoms with Crippen molar-refractivity contribution in [2.24, 2.45) is 5.92 Å². The van der Waals surface area contributed by atoms with Crippen LogP contribution in [0.3, 0.4) is 0 Å². The van der Waals surface area contributed by atoms with E-state index in [2.05, 4.69) is 10.6 Å². The lowest BCUT2D eigenvalue weighted by Crippen LogP contribution is -2.41. The minimum atomic E-state index is -1.54. The first-order chi connectivity index (χ1) is 6.99. The molecule has 88 valence electrons. The predicted octanol–water partition coefficient (Wildman–Crippen LogP) is -1.21. The average molecular weight is 218 g/mol. The fraction of sp³-hybridized carbons (Fsp3) is 0.778. The Bertz CT molecular complexity index is 220. The van der Waals surface area contributed by atoms with Crippen LogP contribution in [0.4, 0.5) is 0 Å². The number of aliphatic hydroxyl groups excluding tert-OH is 1. The molecule has 0 radical (unpaired) electrons. The number of aliphatic carboxylic acids is 1. The Morgan fingerprint density at radius 1 is 1.33 bits per heavy atom. The largest absolute Gasteiger partial charge is 0.479 e. The molecule has 2 atom stereocenters. The van der Waals surface area contributed by atoms with Crippen molar-refractivity contribution in [3.8, 4) is 0 Å². The van der Waals surface area contributed by atoms with Crippen LogP contribution in [0.5, 0.6) is 0 Å². The molecule has 0 saturated heterocycles. The lowest BCUT2D eigenvalue weighted by molar-refractivity contribution is -0.146. The van der Waals surface area contributed by atoms with E-state index in [0.717, 1.165) is 6.54 Å². The number of carboxylic acids is 1. The first-order valence-corrected chi connectivity index (χ1v) is 4.88. The molecule has 0 aliphatic rings. The minimum absolute atomic E-state index is 0.244. The van der Waals surface area contributed by atoms with Gasteiger partial charge in [0.25, 0.3) is 0 Å². The van der Waals surface area contributed by atoms with E-state index in [-0.39, 0.29) is 18.4 Å². The number of amides is 1. The Hall–Kier alpha value is -1.14. The smallest absolute Gasteiger partial charge is 0.334 e. The van der Waals surface area contributed by atoms with E-state index in [1.54, 1.807) is 6.92 Å². The number of hydrogen-bond acceptors (Lipinski definition) is 4. The van der Waals surface area contributed by atoms with Gasteiger partial charge < -0.3 is 20.8 Å². The third-order valence-electron chi connectivity index (χ3n) is 1.90. The Morgan fingerprint density at radius 2 is 1.93 bits per heavy atom. The van der Waals surface area contributed by atoms with Gasteiger partial charge in [0.2, 0.25) is 5.91 Å². The summed E-state index contributed by atoms with van der Waals surface area (Å²) in [6.45, 7) is 4.70. The van der Waals surface area contributed by atoms with Gasteiger partial charge >= 0.3 is 5.97 Å². The second kappa shape index (κ2) is 7.19. The molecule has 6 heteroatoms. The zero-order valence-corrected chi connectivity index (χ0v) is 8.99. The maximum Gasteiger partial charge on any atom is 0.334 e. The summed E-state index contributed by atoms with van der Waals surface area (Å²) in [5.41, 5.74) is 0. The molecule has 0 rings (SSSR count). The van der Waals surface area contributed by atoms with Crippen LogP contribution >= 0.6 is 0 Å². The molecule has 0 fully saturated rings. The molecule has 0 heterocycles. The second-order valence-electron chi connectivity index (χ2n) is 3.31. The van der Waals surface area contributed by atoms with Crippen molar-refractivity contribution < 1.29 is 19.8 Å². The van der Waals surface area contributed by atoms with Gasteiger partial charge in [0.15, 0.2) is 6.10 Å². The van der Waals surface area contributed by atoms with Crippen molar-refractivity contribution in [1.82, 2.24) is 10.6 Å².